The van der Waals surface area contributed by atoms with Crippen LogP contribution in [0.1, 0.15) is 23.2 Å². The van der Waals surface area contributed by atoms with Crippen molar-refractivity contribution < 1.29 is 9.85 Å². The lowest BCUT2D eigenvalue weighted by atomic mass is 9.99. The molecule has 2 N–H and O–H groups in total. The van der Waals surface area contributed by atoms with Crippen LogP contribution in [0.25, 0.3) is 0 Å². The third kappa shape index (κ3) is 6.03. The van der Waals surface area contributed by atoms with Crippen molar-refractivity contribution in [3.05, 3.63) is 116 Å². The largest absolute Gasteiger partial charge is 0.372 e. The lowest BCUT2D eigenvalue weighted by molar-refractivity contribution is -0.482. The lowest BCUT2D eigenvalue weighted by Crippen LogP contribution is -2.23. The first-order valence-electron chi connectivity index (χ1n) is 9.48. The van der Waals surface area contributed by atoms with Gasteiger partial charge in [0.1, 0.15) is 12.1 Å². The van der Waals surface area contributed by atoms with Gasteiger partial charge in [0.2, 0.25) is 13.1 Å². The molecule has 0 aliphatic heterocycles. The van der Waals surface area contributed by atoms with Gasteiger partial charge < -0.3 is 10.6 Å². The number of anilines is 2. The van der Waals surface area contributed by atoms with E-state index in [0.29, 0.717) is 11.1 Å². The van der Waals surface area contributed by atoms with E-state index in [0.717, 1.165) is 11.4 Å². The van der Waals surface area contributed by atoms with Crippen molar-refractivity contribution in [1.29, 1.82) is 0 Å². The van der Waals surface area contributed by atoms with E-state index in [1.807, 2.05) is 60.7 Å². The number of benzene rings is 3. The third-order valence-corrected chi connectivity index (χ3v) is 4.61. The van der Waals surface area contributed by atoms with Crippen LogP contribution in [-0.4, -0.2) is 22.9 Å². The van der Waals surface area contributed by atoms with Crippen molar-refractivity contribution in [2.75, 3.05) is 23.7 Å². The predicted octanol–water partition coefficient (Wildman–Crippen LogP) is 4.55. The minimum atomic E-state index is -0.574. The Morgan fingerprint density at radius 2 is 1.03 bits per heavy atom. The van der Waals surface area contributed by atoms with E-state index in [1.165, 1.54) is 0 Å². The molecule has 0 aliphatic carbocycles. The fraction of sp³-hybridized carbons (Fsp3) is 0.182. The van der Waals surface area contributed by atoms with E-state index >= 15 is 0 Å². The molecule has 154 valence electrons. The number of nitro groups is 2. The molecular weight excluding hydrogens is 384 g/mol. The summed E-state index contributed by atoms with van der Waals surface area (Å²) < 4.78 is 0. The Bertz CT molecular complexity index is 906. The zero-order chi connectivity index (χ0) is 21.3. The van der Waals surface area contributed by atoms with Crippen LogP contribution in [0.3, 0.4) is 0 Å². The maximum Gasteiger partial charge on any atom is 0.227 e. The number of hydrogen-bond acceptors (Lipinski definition) is 6. The van der Waals surface area contributed by atoms with E-state index in [2.05, 4.69) is 10.6 Å². The maximum atomic E-state index is 11.2. The van der Waals surface area contributed by atoms with Gasteiger partial charge in [-0.1, -0.05) is 60.7 Å². The molecule has 0 amide bonds. The fourth-order valence-electron chi connectivity index (χ4n) is 3.23. The zero-order valence-corrected chi connectivity index (χ0v) is 16.2. The van der Waals surface area contributed by atoms with Gasteiger partial charge in [-0.05, 0) is 35.4 Å². The molecule has 0 heterocycles. The second kappa shape index (κ2) is 10.0. The summed E-state index contributed by atoms with van der Waals surface area (Å²) in [5.74, 6) is 0. The minimum Gasteiger partial charge on any atom is -0.372 e. The number of nitrogens with zero attached hydrogens (tertiary/aromatic N) is 2. The van der Waals surface area contributed by atoms with Crippen LogP contribution >= 0.6 is 0 Å². The van der Waals surface area contributed by atoms with Gasteiger partial charge in [-0.3, -0.25) is 20.2 Å². The quantitative estimate of drug-likeness (QED) is 0.378. The first-order chi connectivity index (χ1) is 14.5. The van der Waals surface area contributed by atoms with Gasteiger partial charge in [-0.25, -0.2) is 0 Å². The topological polar surface area (TPSA) is 110 Å². The smallest absolute Gasteiger partial charge is 0.227 e. The Hall–Kier alpha value is -3.94. The van der Waals surface area contributed by atoms with Crippen LogP contribution in [-0.2, 0) is 0 Å². The zero-order valence-electron chi connectivity index (χ0n) is 16.2. The van der Waals surface area contributed by atoms with Crippen LogP contribution in [0.4, 0.5) is 11.4 Å². The molecule has 8 nitrogen and oxygen atoms in total. The summed E-state index contributed by atoms with van der Waals surface area (Å²) in [5.41, 5.74) is 2.91. The first-order valence-corrected chi connectivity index (χ1v) is 9.48. The van der Waals surface area contributed by atoms with Gasteiger partial charge in [0.15, 0.2) is 0 Å². The predicted molar refractivity (Wildman–Crippen MR) is 116 cm³/mol. The van der Waals surface area contributed by atoms with Crippen molar-refractivity contribution in [3.63, 3.8) is 0 Å². The summed E-state index contributed by atoms with van der Waals surface area (Å²) >= 11 is 0. The molecule has 3 aromatic rings. The van der Waals surface area contributed by atoms with E-state index in [4.69, 9.17) is 0 Å². The van der Waals surface area contributed by atoms with Crippen LogP contribution in [0.15, 0.2) is 84.9 Å². The minimum absolute atomic E-state index is 0.315. The molecular formula is C22H22N4O4. The molecule has 8 heteroatoms. The Labute approximate surface area is 173 Å². The molecule has 0 aliphatic rings. The highest BCUT2D eigenvalue weighted by atomic mass is 16.6. The Balaban J connectivity index is 1.89. The van der Waals surface area contributed by atoms with Crippen LogP contribution < -0.4 is 10.6 Å². The number of hydrogen-bond donors (Lipinski definition) is 2. The SMILES string of the molecule is O=[N+]([O-])C[C@H](Nc1ccccc1)c1cccc([C@@H](C[N+](=O)[O-])Nc2ccccc2)c1. The second-order valence-electron chi connectivity index (χ2n) is 6.83. The summed E-state index contributed by atoms with van der Waals surface area (Å²) in [6.07, 6.45) is 0. The normalized spacial score (nSPS) is 12.5. The van der Waals surface area contributed by atoms with Gasteiger partial charge in [0.25, 0.3) is 0 Å². The van der Waals surface area contributed by atoms with Gasteiger partial charge in [0.05, 0.1) is 0 Å². The third-order valence-electron chi connectivity index (χ3n) is 4.61. The summed E-state index contributed by atoms with van der Waals surface area (Å²) in [7, 11) is 0. The highest BCUT2D eigenvalue weighted by molar-refractivity contribution is 5.48. The molecule has 3 aromatic carbocycles. The van der Waals surface area contributed by atoms with Gasteiger partial charge in [-0.15, -0.1) is 0 Å². The molecule has 0 radical (unpaired) electrons. The molecule has 0 fully saturated rings. The molecule has 0 aromatic heterocycles. The van der Waals surface area contributed by atoms with Crippen LogP contribution in [0.2, 0.25) is 0 Å². The fourth-order valence-corrected chi connectivity index (χ4v) is 3.23. The van der Waals surface area contributed by atoms with Crippen LogP contribution in [0.5, 0.6) is 0 Å². The van der Waals surface area contributed by atoms with E-state index in [-0.39, 0.29) is 22.9 Å². The Morgan fingerprint density at radius 1 is 0.633 bits per heavy atom. The highest BCUT2D eigenvalue weighted by Gasteiger charge is 2.22. The molecule has 0 saturated heterocycles. The first kappa shape index (κ1) is 20.8. The molecule has 2 atom stereocenters. The van der Waals surface area contributed by atoms with E-state index in [1.54, 1.807) is 24.3 Å². The molecule has 0 bridgehead atoms. The molecule has 0 saturated carbocycles. The molecule has 0 spiro atoms. The van der Waals surface area contributed by atoms with Gasteiger partial charge in [-0.2, -0.15) is 0 Å². The van der Waals surface area contributed by atoms with E-state index < -0.39 is 12.1 Å². The summed E-state index contributed by atoms with van der Waals surface area (Å²) in [5, 5.41) is 28.9. The number of para-hydroxylation sites is 2. The van der Waals surface area contributed by atoms with Crippen molar-refractivity contribution >= 4 is 11.4 Å². The van der Waals surface area contributed by atoms with Crippen molar-refractivity contribution in [2.45, 2.75) is 12.1 Å². The molecule has 30 heavy (non-hydrogen) atoms. The Kier molecular flexibility index (Phi) is 6.94. The average molecular weight is 406 g/mol. The Morgan fingerprint density at radius 3 is 1.40 bits per heavy atom. The monoisotopic (exact) mass is 406 g/mol. The van der Waals surface area contributed by atoms with Crippen LogP contribution in [0, 0.1) is 20.2 Å². The summed E-state index contributed by atoms with van der Waals surface area (Å²) in [4.78, 5) is 21.7. The second-order valence-corrected chi connectivity index (χ2v) is 6.83. The van der Waals surface area contributed by atoms with Crippen molar-refractivity contribution in [2.24, 2.45) is 0 Å². The van der Waals surface area contributed by atoms with Gasteiger partial charge in [0, 0.05) is 21.2 Å². The number of nitrogens with one attached hydrogen (secondary N) is 2. The highest BCUT2D eigenvalue weighted by Crippen LogP contribution is 2.25. The summed E-state index contributed by atoms with van der Waals surface area (Å²) in [6, 6.07) is 24.5. The standard InChI is InChI=1S/C22H22N4O4/c27-25(28)15-21(23-19-10-3-1-4-11-19)17-8-7-9-18(14-17)22(16-26(29)30)24-20-12-5-2-6-13-20/h1-14,21-24H,15-16H2/t21-,22+. The van der Waals surface area contributed by atoms with E-state index in [9.17, 15) is 20.2 Å². The van der Waals surface area contributed by atoms with Crippen molar-refractivity contribution in [3.8, 4) is 0 Å². The average Bonchev–Trinajstić information content (AvgIpc) is 2.74. The number of rotatable bonds is 10. The maximum absolute atomic E-state index is 11.2. The lowest BCUT2D eigenvalue weighted by Gasteiger charge is -2.20. The summed E-state index contributed by atoms with van der Waals surface area (Å²) in [6.45, 7) is -0.630. The van der Waals surface area contributed by atoms with Crippen molar-refractivity contribution in [1.82, 2.24) is 0 Å². The molecule has 0 unspecified atom stereocenters. The molecule has 3 rings (SSSR count). The van der Waals surface area contributed by atoms with Gasteiger partial charge >= 0.3 is 0 Å².